The molecule has 1 aliphatic carbocycles. The summed E-state index contributed by atoms with van der Waals surface area (Å²) in [5.41, 5.74) is 6.84. The number of aliphatic hydroxyl groups is 2. The van der Waals surface area contributed by atoms with Gasteiger partial charge in [0.1, 0.15) is 35.4 Å². The average Bonchev–Trinajstić information content (AvgIpc) is 3.44. The Kier molecular flexibility index (Phi) is 7.96. The maximum atomic E-state index is 12.3. The number of anilines is 1. The molecule has 2 aliphatic heterocycles. The molecule has 2 saturated heterocycles. The summed E-state index contributed by atoms with van der Waals surface area (Å²) in [6.45, 7) is 3.37. The Balaban J connectivity index is 1.16. The van der Waals surface area contributed by atoms with Crippen molar-refractivity contribution in [2.45, 2.75) is 82.5 Å². The molecule has 1 unspecified atom stereocenters. The smallest absolute Gasteiger partial charge is 0.410 e. The van der Waals surface area contributed by atoms with Gasteiger partial charge in [0.25, 0.3) is 5.91 Å². The number of nitrogens with two attached hydrogens (primary N) is 1. The van der Waals surface area contributed by atoms with Gasteiger partial charge in [-0.3, -0.25) is 14.2 Å². The first-order chi connectivity index (χ1) is 18.7. The number of nitrogens with one attached hydrogen (secondary N) is 1. The molecule has 14 nitrogen and oxygen atoms in total. The average molecular weight is 546 g/mol. The molecule has 2 aromatic heterocycles. The third kappa shape index (κ3) is 5.68. The van der Waals surface area contributed by atoms with Gasteiger partial charge in [0, 0.05) is 38.9 Å². The van der Waals surface area contributed by atoms with Crippen LogP contribution in [-0.2, 0) is 25.5 Å². The fraction of sp³-hybridized carbons (Fsp3) is 0.680. The molecule has 1 saturated carbocycles. The van der Waals surface area contributed by atoms with Crippen LogP contribution in [0, 0.1) is 5.92 Å². The summed E-state index contributed by atoms with van der Waals surface area (Å²) < 4.78 is 12.6. The summed E-state index contributed by atoms with van der Waals surface area (Å²) in [5.74, 6) is 0.798. The molecule has 4 heterocycles. The van der Waals surface area contributed by atoms with Gasteiger partial charge in [0.15, 0.2) is 23.8 Å². The van der Waals surface area contributed by atoms with Crippen LogP contribution in [0.2, 0.25) is 0 Å². The van der Waals surface area contributed by atoms with E-state index in [1.165, 1.54) is 10.9 Å². The van der Waals surface area contributed by atoms with Crippen LogP contribution in [0.3, 0.4) is 0 Å². The number of fused-ring (bicyclic) bond motifs is 1. The van der Waals surface area contributed by atoms with Gasteiger partial charge in [-0.15, -0.1) is 0 Å². The zero-order chi connectivity index (χ0) is 27.7. The lowest BCUT2D eigenvalue weighted by atomic mass is 9.91. The van der Waals surface area contributed by atoms with Gasteiger partial charge in [-0.05, 0) is 38.5 Å². The number of rotatable bonds is 8. The van der Waals surface area contributed by atoms with Crippen molar-refractivity contribution in [2.75, 3.05) is 25.4 Å². The van der Waals surface area contributed by atoms with Gasteiger partial charge >= 0.3 is 6.09 Å². The van der Waals surface area contributed by atoms with Crippen molar-refractivity contribution >= 4 is 34.8 Å². The number of hydrogen-bond acceptors (Lipinski definition) is 11. The van der Waals surface area contributed by atoms with Crippen molar-refractivity contribution in [3.63, 3.8) is 0 Å². The molecule has 5 rings (SSSR count). The highest BCUT2D eigenvalue weighted by atomic mass is 16.6. The lowest BCUT2D eigenvalue weighted by Crippen LogP contribution is -2.43. The molecule has 0 bridgehead atoms. The van der Waals surface area contributed by atoms with Gasteiger partial charge in [-0.1, -0.05) is 0 Å². The second-order valence-corrected chi connectivity index (χ2v) is 10.4. The van der Waals surface area contributed by atoms with Crippen molar-refractivity contribution in [3.8, 4) is 0 Å². The SMILES string of the molecule is CCNC(=O)[C@H]1O[C@@H](n2cnc3c(N)nc(CCCC4CCN(C(=O)OC5CC(=O)C5)CC4)nc32)[C@@H](O)C1O. The number of hydrogen-bond donors (Lipinski definition) is 4. The van der Waals surface area contributed by atoms with Crippen molar-refractivity contribution in [1.29, 1.82) is 0 Å². The normalized spacial score (nSPS) is 26.1. The lowest BCUT2D eigenvalue weighted by Gasteiger charge is -2.33. The van der Waals surface area contributed by atoms with Crippen molar-refractivity contribution in [1.82, 2.24) is 29.7 Å². The minimum atomic E-state index is -1.41. The third-order valence-corrected chi connectivity index (χ3v) is 7.68. The van der Waals surface area contributed by atoms with Crippen LogP contribution in [0.1, 0.15) is 57.5 Å². The first-order valence-corrected chi connectivity index (χ1v) is 13.5. The second-order valence-electron chi connectivity index (χ2n) is 10.4. The Morgan fingerprint density at radius 3 is 2.64 bits per heavy atom. The Hall–Kier alpha value is -3.36. The molecule has 0 spiro atoms. The fourth-order valence-electron chi connectivity index (χ4n) is 5.37. The van der Waals surface area contributed by atoms with Gasteiger partial charge in [-0.2, -0.15) is 0 Å². The van der Waals surface area contributed by atoms with Crippen LogP contribution >= 0.6 is 0 Å². The number of carbonyl (C=O) groups is 3. The van der Waals surface area contributed by atoms with E-state index in [2.05, 4.69) is 20.3 Å². The summed E-state index contributed by atoms with van der Waals surface area (Å²) >= 11 is 0. The van der Waals surface area contributed by atoms with Crippen molar-refractivity contribution in [3.05, 3.63) is 12.2 Å². The number of nitrogen functional groups attached to an aromatic ring is 1. The maximum absolute atomic E-state index is 12.3. The van der Waals surface area contributed by atoms with E-state index in [1.54, 1.807) is 11.8 Å². The van der Waals surface area contributed by atoms with Crippen LogP contribution in [0.4, 0.5) is 10.6 Å². The molecule has 5 N–H and O–H groups in total. The summed E-state index contributed by atoms with van der Waals surface area (Å²) in [5, 5.41) is 23.6. The molecule has 3 fully saturated rings. The number of aryl methyl sites for hydroxylation is 1. The minimum absolute atomic E-state index is 0.134. The fourth-order valence-corrected chi connectivity index (χ4v) is 5.37. The minimum Gasteiger partial charge on any atom is -0.445 e. The number of Topliss-reactive ketones (excluding diaryl/α,β-unsaturated/α-hetero) is 1. The van der Waals surface area contributed by atoms with Crippen LogP contribution in [0.5, 0.6) is 0 Å². The molecule has 2 amide bonds. The van der Waals surface area contributed by atoms with Gasteiger partial charge in [0.05, 0.1) is 6.33 Å². The lowest BCUT2D eigenvalue weighted by molar-refractivity contribution is -0.137. The van der Waals surface area contributed by atoms with Crippen LogP contribution in [0.15, 0.2) is 6.33 Å². The van der Waals surface area contributed by atoms with E-state index in [0.29, 0.717) is 61.8 Å². The monoisotopic (exact) mass is 545 g/mol. The zero-order valence-electron chi connectivity index (χ0n) is 21.9. The molecular formula is C25H35N7O7. The molecule has 212 valence electrons. The number of ketones is 1. The van der Waals surface area contributed by atoms with E-state index < -0.39 is 30.4 Å². The van der Waals surface area contributed by atoms with Crippen LogP contribution < -0.4 is 11.1 Å². The number of ether oxygens (including phenoxy) is 2. The number of piperidine rings is 1. The van der Waals surface area contributed by atoms with Gasteiger partial charge < -0.3 is 35.6 Å². The second kappa shape index (κ2) is 11.4. The molecule has 3 aliphatic rings. The predicted molar refractivity (Wildman–Crippen MR) is 136 cm³/mol. The summed E-state index contributed by atoms with van der Waals surface area (Å²) in [6.07, 6.45) is 0.468. The molecule has 39 heavy (non-hydrogen) atoms. The number of carbonyl (C=O) groups excluding carboxylic acids is 3. The zero-order valence-corrected chi connectivity index (χ0v) is 21.9. The van der Waals surface area contributed by atoms with E-state index in [-0.39, 0.29) is 23.8 Å². The van der Waals surface area contributed by atoms with Crippen molar-refractivity contribution < 1.29 is 34.1 Å². The van der Waals surface area contributed by atoms with Crippen molar-refractivity contribution in [2.24, 2.45) is 5.92 Å². The number of likely N-dealkylation sites (tertiary alicyclic amines) is 1. The predicted octanol–water partition coefficient (Wildman–Crippen LogP) is 0.0666. The van der Waals surface area contributed by atoms with Crippen LogP contribution in [0.25, 0.3) is 11.2 Å². The number of amides is 2. The van der Waals surface area contributed by atoms with E-state index in [1.807, 2.05) is 0 Å². The molecule has 0 aromatic carbocycles. The molecule has 14 heteroatoms. The highest BCUT2D eigenvalue weighted by molar-refractivity contribution is 5.86. The van der Waals surface area contributed by atoms with E-state index >= 15 is 0 Å². The van der Waals surface area contributed by atoms with E-state index in [9.17, 15) is 24.6 Å². The highest BCUT2D eigenvalue weighted by Gasteiger charge is 2.47. The van der Waals surface area contributed by atoms with Gasteiger partial charge in [0.2, 0.25) is 0 Å². The van der Waals surface area contributed by atoms with Crippen LogP contribution in [-0.4, -0.2) is 96.5 Å². The molecule has 0 radical (unpaired) electrons. The first-order valence-electron chi connectivity index (χ1n) is 13.5. The standard InChI is InChI=1S/C25H35N7O7/c1-2-27-23(36)20-18(34)19(35)24(39-20)32-12-28-17-21(26)29-16(30-22(17)32)5-3-4-13-6-8-31(9-7-13)25(37)38-15-10-14(33)11-15/h12-13,15,18-20,24,34-35H,2-11H2,1H3,(H,27,36)(H2,26,29,30)/t18?,19-,20-,24+/m0/s1. The number of nitrogens with zero attached hydrogens (tertiary/aromatic N) is 5. The largest absolute Gasteiger partial charge is 0.445 e. The maximum Gasteiger partial charge on any atom is 0.410 e. The Labute approximate surface area is 224 Å². The molecule has 4 atom stereocenters. The number of imidazole rings is 1. The topological polar surface area (TPSA) is 195 Å². The Morgan fingerprint density at radius 2 is 1.95 bits per heavy atom. The third-order valence-electron chi connectivity index (χ3n) is 7.68. The van der Waals surface area contributed by atoms with E-state index in [4.69, 9.17) is 15.2 Å². The molecule has 2 aromatic rings. The Morgan fingerprint density at radius 1 is 1.21 bits per heavy atom. The Bertz CT molecular complexity index is 1220. The summed E-state index contributed by atoms with van der Waals surface area (Å²) in [6, 6.07) is 0. The number of aromatic nitrogens is 4. The first kappa shape index (κ1) is 27.2. The number of likely N-dealkylation sites (N-methyl/N-ethyl adjacent to an activating group) is 1. The number of aliphatic hydroxyl groups excluding tert-OH is 2. The quantitative estimate of drug-likeness (QED) is 0.350. The summed E-state index contributed by atoms with van der Waals surface area (Å²) in [4.78, 5) is 50.6. The van der Waals surface area contributed by atoms with E-state index in [0.717, 1.165) is 25.7 Å². The molecular weight excluding hydrogens is 510 g/mol. The van der Waals surface area contributed by atoms with Gasteiger partial charge in [-0.25, -0.2) is 19.7 Å². The highest BCUT2D eigenvalue weighted by Crippen LogP contribution is 2.32. The summed E-state index contributed by atoms with van der Waals surface area (Å²) in [7, 11) is 0.